The van der Waals surface area contributed by atoms with Gasteiger partial charge in [0.05, 0.1) is 6.61 Å². The van der Waals surface area contributed by atoms with Gasteiger partial charge in [-0.1, -0.05) is 48.5 Å². The number of hydrogen-bond donors (Lipinski definition) is 1. The minimum atomic E-state index is -0.597. The second kappa shape index (κ2) is 6.00. The van der Waals surface area contributed by atoms with Crippen LogP contribution in [0.5, 0.6) is 0 Å². The first-order chi connectivity index (χ1) is 11.7. The lowest BCUT2D eigenvalue weighted by atomic mass is 9.98. The average molecular weight is 323 g/mol. The predicted octanol–water partition coefficient (Wildman–Crippen LogP) is 2.84. The van der Waals surface area contributed by atoms with Crippen LogP contribution in [0.3, 0.4) is 0 Å². The first kappa shape index (κ1) is 14.8. The number of benzene rings is 2. The SMILES string of the molecule is O=C(NC1CCOC1=O)OCC1c2ccccc2-c2ccccc21. The van der Waals surface area contributed by atoms with Crippen LogP contribution in [0.15, 0.2) is 48.5 Å². The highest BCUT2D eigenvalue weighted by Crippen LogP contribution is 2.44. The molecule has 0 saturated carbocycles. The molecule has 5 nitrogen and oxygen atoms in total. The highest BCUT2D eigenvalue weighted by atomic mass is 16.6. The molecule has 0 bridgehead atoms. The summed E-state index contributed by atoms with van der Waals surface area (Å²) < 4.78 is 10.2. The standard InChI is InChI=1S/C19H17NO4/c21-18-17(9-10-23-18)20-19(22)24-11-16-14-7-3-1-5-12(14)13-6-2-4-8-15(13)16/h1-8,16-17H,9-11H2,(H,20,22). The Balaban J connectivity index is 1.48. The minimum Gasteiger partial charge on any atom is -0.464 e. The Bertz CT molecular complexity index is 756. The summed E-state index contributed by atoms with van der Waals surface area (Å²) >= 11 is 0. The Kier molecular flexibility index (Phi) is 3.69. The molecule has 1 fully saturated rings. The van der Waals surface area contributed by atoms with Gasteiger partial charge < -0.3 is 14.8 Å². The summed E-state index contributed by atoms with van der Waals surface area (Å²) in [5.41, 5.74) is 4.68. The molecule has 1 atom stereocenters. The molecule has 1 aliphatic heterocycles. The fourth-order valence-electron chi connectivity index (χ4n) is 3.41. The van der Waals surface area contributed by atoms with Crippen LogP contribution in [0.25, 0.3) is 11.1 Å². The van der Waals surface area contributed by atoms with Crippen LogP contribution >= 0.6 is 0 Å². The fourth-order valence-corrected chi connectivity index (χ4v) is 3.41. The van der Waals surface area contributed by atoms with E-state index in [0.717, 1.165) is 11.1 Å². The second-order valence-electron chi connectivity index (χ2n) is 5.98. The molecular weight excluding hydrogens is 306 g/mol. The molecule has 4 rings (SSSR count). The van der Waals surface area contributed by atoms with Crippen LogP contribution in [0.4, 0.5) is 4.79 Å². The van der Waals surface area contributed by atoms with Crippen LogP contribution in [0, 0.1) is 0 Å². The molecule has 24 heavy (non-hydrogen) atoms. The molecule has 2 aromatic carbocycles. The van der Waals surface area contributed by atoms with E-state index in [-0.39, 0.29) is 12.5 Å². The number of esters is 1. The van der Waals surface area contributed by atoms with E-state index in [0.29, 0.717) is 13.0 Å². The zero-order chi connectivity index (χ0) is 16.5. The minimum absolute atomic E-state index is 0.0127. The number of fused-ring (bicyclic) bond motifs is 3. The molecule has 1 saturated heterocycles. The van der Waals surface area contributed by atoms with Crippen molar-refractivity contribution >= 4 is 12.1 Å². The van der Waals surface area contributed by atoms with Crippen LogP contribution in [-0.4, -0.2) is 31.3 Å². The normalized spacial score (nSPS) is 18.7. The number of carbonyl (C=O) groups is 2. The maximum atomic E-state index is 12.0. The lowest BCUT2D eigenvalue weighted by Gasteiger charge is -2.15. The van der Waals surface area contributed by atoms with E-state index in [1.54, 1.807) is 0 Å². The van der Waals surface area contributed by atoms with Gasteiger partial charge in [-0.2, -0.15) is 0 Å². The van der Waals surface area contributed by atoms with E-state index in [9.17, 15) is 9.59 Å². The summed E-state index contributed by atoms with van der Waals surface area (Å²) in [7, 11) is 0. The highest BCUT2D eigenvalue weighted by molar-refractivity contribution is 5.83. The van der Waals surface area contributed by atoms with Gasteiger partial charge in [0.25, 0.3) is 0 Å². The average Bonchev–Trinajstić information content (AvgIpc) is 3.15. The van der Waals surface area contributed by atoms with Gasteiger partial charge in [0.15, 0.2) is 0 Å². The number of alkyl carbamates (subject to hydrolysis) is 1. The molecule has 1 heterocycles. The molecule has 5 heteroatoms. The summed E-state index contributed by atoms with van der Waals surface area (Å²) in [6, 6.07) is 15.7. The van der Waals surface area contributed by atoms with E-state index in [1.165, 1.54) is 11.1 Å². The lowest BCUT2D eigenvalue weighted by Crippen LogP contribution is -2.38. The molecular formula is C19H17NO4. The van der Waals surface area contributed by atoms with Crippen LogP contribution < -0.4 is 5.32 Å². The first-order valence-electron chi connectivity index (χ1n) is 8.02. The van der Waals surface area contributed by atoms with Gasteiger partial charge in [-0.15, -0.1) is 0 Å². The molecule has 1 aliphatic carbocycles. The Morgan fingerprint density at radius 3 is 2.29 bits per heavy atom. The third kappa shape index (κ3) is 2.52. The van der Waals surface area contributed by atoms with Crippen molar-refractivity contribution in [2.45, 2.75) is 18.4 Å². The van der Waals surface area contributed by atoms with Crippen molar-refractivity contribution in [1.82, 2.24) is 5.32 Å². The Hall–Kier alpha value is -2.82. The smallest absolute Gasteiger partial charge is 0.407 e. The number of ether oxygens (including phenoxy) is 2. The Morgan fingerprint density at radius 1 is 1.08 bits per heavy atom. The van der Waals surface area contributed by atoms with Gasteiger partial charge in [0, 0.05) is 12.3 Å². The molecule has 0 spiro atoms. The van der Waals surface area contributed by atoms with E-state index in [1.807, 2.05) is 24.3 Å². The Labute approximate surface area is 139 Å². The number of amides is 1. The van der Waals surface area contributed by atoms with Crippen LogP contribution in [0.1, 0.15) is 23.5 Å². The maximum absolute atomic E-state index is 12.0. The fraction of sp³-hybridized carbons (Fsp3) is 0.263. The molecule has 0 radical (unpaired) electrons. The topological polar surface area (TPSA) is 64.6 Å². The molecule has 1 unspecified atom stereocenters. The van der Waals surface area contributed by atoms with E-state index in [4.69, 9.17) is 9.47 Å². The molecule has 1 N–H and O–H groups in total. The van der Waals surface area contributed by atoms with Crippen molar-refractivity contribution in [2.75, 3.05) is 13.2 Å². The summed E-state index contributed by atoms with van der Waals surface area (Å²) in [6.07, 6.45) is -0.0936. The monoisotopic (exact) mass is 323 g/mol. The van der Waals surface area contributed by atoms with Crippen molar-refractivity contribution in [3.63, 3.8) is 0 Å². The molecule has 2 aromatic rings. The third-order valence-electron chi connectivity index (χ3n) is 4.57. The third-order valence-corrected chi connectivity index (χ3v) is 4.57. The number of rotatable bonds is 3. The van der Waals surface area contributed by atoms with Gasteiger partial charge in [0.1, 0.15) is 12.6 Å². The number of carbonyl (C=O) groups excluding carboxylic acids is 2. The van der Waals surface area contributed by atoms with Crippen molar-refractivity contribution in [1.29, 1.82) is 0 Å². The van der Waals surface area contributed by atoms with E-state index < -0.39 is 18.1 Å². The van der Waals surface area contributed by atoms with Crippen molar-refractivity contribution in [2.24, 2.45) is 0 Å². The van der Waals surface area contributed by atoms with E-state index >= 15 is 0 Å². The molecule has 2 aliphatic rings. The van der Waals surface area contributed by atoms with Crippen LogP contribution in [-0.2, 0) is 14.3 Å². The Morgan fingerprint density at radius 2 is 1.71 bits per heavy atom. The number of cyclic esters (lactones) is 1. The number of nitrogens with one attached hydrogen (secondary N) is 1. The second-order valence-corrected chi connectivity index (χ2v) is 5.98. The quantitative estimate of drug-likeness (QED) is 0.882. The summed E-state index contributed by atoms with van der Waals surface area (Å²) in [5.74, 6) is -0.387. The lowest BCUT2D eigenvalue weighted by molar-refractivity contribution is -0.139. The highest BCUT2D eigenvalue weighted by Gasteiger charge is 2.31. The van der Waals surface area contributed by atoms with Crippen molar-refractivity contribution in [3.8, 4) is 11.1 Å². The molecule has 0 aromatic heterocycles. The van der Waals surface area contributed by atoms with Crippen LogP contribution in [0.2, 0.25) is 0 Å². The molecule has 122 valence electrons. The zero-order valence-corrected chi connectivity index (χ0v) is 13.0. The summed E-state index contributed by atoms with van der Waals surface area (Å²) in [4.78, 5) is 23.4. The van der Waals surface area contributed by atoms with Gasteiger partial charge in [0.2, 0.25) is 0 Å². The van der Waals surface area contributed by atoms with Gasteiger partial charge in [-0.25, -0.2) is 9.59 Å². The van der Waals surface area contributed by atoms with Crippen molar-refractivity contribution in [3.05, 3.63) is 59.7 Å². The van der Waals surface area contributed by atoms with Crippen molar-refractivity contribution < 1.29 is 19.1 Å². The summed E-state index contributed by atoms with van der Waals surface area (Å²) in [5, 5.41) is 2.56. The van der Waals surface area contributed by atoms with E-state index in [2.05, 4.69) is 29.6 Å². The predicted molar refractivity (Wildman–Crippen MR) is 87.6 cm³/mol. The van der Waals surface area contributed by atoms with Gasteiger partial charge >= 0.3 is 12.1 Å². The van der Waals surface area contributed by atoms with Gasteiger partial charge in [-0.05, 0) is 22.3 Å². The first-order valence-corrected chi connectivity index (χ1v) is 8.02. The zero-order valence-electron chi connectivity index (χ0n) is 13.0. The maximum Gasteiger partial charge on any atom is 0.407 e. The largest absolute Gasteiger partial charge is 0.464 e. The van der Waals surface area contributed by atoms with Gasteiger partial charge in [-0.3, -0.25) is 0 Å². The summed E-state index contributed by atoms with van der Waals surface area (Å²) in [6.45, 7) is 0.578. The molecule has 1 amide bonds. The number of hydrogen-bond acceptors (Lipinski definition) is 4.